The maximum atomic E-state index is 12.5. The molecular formula is C27H41N7O5. The molecule has 0 bridgehead atoms. The Bertz CT molecular complexity index is 1030. The quantitative estimate of drug-likeness (QED) is 0.435. The van der Waals surface area contributed by atoms with Crippen LogP contribution in [0.5, 0.6) is 0 Å². The van der Waals surface area contributed by atoms with Gasteiger partial charge in [-0.1, -0.05) is 0 Å². The second-order valence-electron chi connectivity index (χ2n) is 11.5. The highest BCUT2D eigenvalue weighted by Gasteiger charge is 2.29. The molecular weight excluding hydrogens is 502 g/mol. The zero-order valence-corrected chi connectivity index (χ0v) is 23.2. The molecule has 1 aromatic rings. The van der Waals surface area contributed by atoms with E-state index in [2.05, 4.69) is 30.8 Å². The van der Waals surface area contributed by atoms with Crippen LogP contribution in [0, 0.1) is 5.92 Å². The SMILES string of the molecule is CC(C)(C)OC(=O)NN1CCC(CCN2CCN(c3ccc(C(=O)N[C@H]4CCC(=O)NC4=O)nc3)CC2)CC1. The number of hydrazine groups is 1. The number of imide groups is 1. The van der Waals surface area contributed by atoms with E-state index >= 15 is 0 Å². The minimum Gasteiger partial charge on any atom is -0.443 e. The van der Waals surface area contributed by atoms with Crippen LogP contribution in [-0.2, 0) is 14.3 Å². The van der Waals surface area contributed by atoms with Crippen molar-refractivity contribution in [2.24, 2.45) is 5.92 Å². The van der Waals surface area contributed by atoms with E-state index in [-0.39, 0.29) is 24.1 Å². The van der Waals surface area contributed by atoms with Crippen molar-refractivity contribution in [3.8, 4) is 0 Å². The molecule has 214 valence electrons. The van der Waals surface area contributed by atoms with Gasteiger partial charge in [0.1, 0.15) is 17.3 Å². The molecule has 0 unspecified atom stereocenters. The molecule has 12 heteroatoms. The summed E-state index contributed by atoms with van der Waals surface area (Å²) in [6, 6.07) is 2.85. The van der Waals surface area contributed by atoms with Crippen LogP contribution in [0.4, 0.5) is 10.5 Å². The van der Waals surface area contributed by atoms with E-state index < -0.39 is 23.5 Å². The van der Waals surface area contributed by atoms with Gasteiger partial charge in [0, 0.05) is 45.7 Å². The number of hydrogen-bond acceptors (Lipinski definition) is 9. The number of pyridine rings is 1. The fraction of sp³-hybridized carbons (Fsp3) is 0.667. The van der Waals surface area contributed by atoms with Crippen molar-refractivity contribution in [2.45, 2.75) is 64.5 Å². The Hall–Kier alpha value is -3.25. The summed E-state index contributed by atoms with van der Waals surface area (Å²) in [6.07, 6.45) is 5.09. The highest BCUT2D eigenvalue weighted by molar-refractivity contribution is 6.03. The summed E-state index contributed by atoms with van der Waals surface area (Å²) in [7, 11) is 0. The number of hydrogen-bond donors (Lipinski definition) is 3. The normalized spacial score (nSPS) is 21.8. The fourth-order valence-electron chi connectivity index (χ4n) is 5.13. The van der Waals surface area contributed by atoms with E-state index in [4.69, 9.17) is 4.74 Å². The second-order valence-corrected chi connectivity index (χ2v) is 11.5. The molecule has 4 heterocycles. The fourth-order valence-corrected chi connectivity index (χ4v) is 5.13. The van der Waals surface area contributed by atoms with E-state index in [9.17, 15) is 19.2 Å². The summed E-state index contributed by atoms with van der Waals surface area (Å²) in [5.41, 5.74) is 3.57. The first-order valence-electron chi connectivity index (χ1n) is 13.9. The Morgan fingerprint density at radius 1 is 1.05 bits per heavy atom. The van der Waals surface area contributed by atoms with Crippen LogP contribution in [0.3, 0.4) is 0 Å². The largest absolute Gasteiger partial charge is 0.443 e. The standard InChI is InChI=1S/C27H41N7O5/c1-27(2,3)39-26(38)31-34-12-9-19(10-13-34)8-11-32-14-16-33(17-15-32)20-4-5-21(28-18-20)24(36)29-22-6-7-23(35)30-25(22)37/h4-5,18-19,22H,6-17H2,1-3H3,(H,29,36)(H,31,38)(H,30,35,37)/t22-/m0/s1. The maximum Gasteiger partial charge on any atom is 0.422 e. The van der Waals surface area contributed by atoms with Gasteiger partial charge in [0.2, 0.25) is 11.8 Å². The van der Waals surface area contributed by atoms with Crippen molar-refractivity contribution < 1.29 is 23.9 Å². The van der Waals surface area contributed by atoms with Gasteiger partial charge in [-0.25, -0.2) is 14.8 Å². The van der Waals surface area contributed by atoms with Crippen LogP contribution in [0.15, 0.2) is 18.3 Å². The van der Waals surface area contributed by atoms with Crippen molar-refractivity contribution in [1.29, 1.82) is 0 Å². The third-order valence-corrected chi connectivity index (χ3v) is 7.38. The molecule has 0 saturated carbocycles. The van der Waals surface area contributed by atoms with Gasteiger partial charge in [-0.05, 0) is 71.0 Å². The van der Waals surface area contributed by atoms with E-state index in [0.29, 0.717) is 12.3 Å². The predicted octanol–water partition coefficient (Wildman–Crippen LogP) is 1.28. The first-order chi connectivity index (χ1) is 18.6. The van der Waals surface area contributed by atoms with Crippen molar-refractivity contribution in [3.63, 3.8) is 0 Å². The monoisotopic (exact) mass is 543 g/mol. The number of nitrogens with zero attached hydrogens (tertiary/aromatic N) is 4. The van der Waals surface area contributed by atoms with Crippen LogP contribution in [0.1, 0.15) is 63.4 Å². The van der Waals surface area contributed by atoms with Crippen molar-refractivity contribution >= 4 is 29.5 Å². The van der Waals surface area contributed by atoms with Gasteiger partial charge in [-0.15, -0.1) is 0 Å². The predicted molar refractivity (Wildman–Crippen MR) is 145 cm³/mol. The number of anilines is 1. The van der Waals surface area contributed by atoms with Gasteiger partial charge in [-0.2, -0.15) is 0 Å². The first-order valence-corrected chi connectivity index (χ1v) is 13.9. The molecule has 0 spiro atoms. The molecule has 39 heavy (non-hydrogen) atoms. The molecule has 0 radical (unpaired) electrons. The first kappa shape index (κ1) is 28.8. The Morgan fingerprint density at radius 3 is 2.38 bits per heavy atom. The summed E-state index contributed by atoms with van der Waals surface area (Å²) in [5, 5.41) is 6.86. The Kier molecular flexibility index (Phi) is 9.39. The number of aromatic nitrogens is 1. The molecule has 3 saturated heterocycles. The highest BCUT2D eigenvalue weighted by atomic mass is 16.6. The number of piperidine rings is 2. The van der Waals surface area contributed by atoms with E-state index in [0.717, 1.165) is 70.8 Å². The maximum absolute atomic E-state index is 12.5. The number of nitrogens with one attached hydrogen (secondary N) is 3. The highest BCUT2D eigenvalue weighted by Crippen LogP contribution is 2.22. The molecule has 0 aliphatic carbocycles. The zero-order valence-electron chi connectivity index (χ0n) is 23.2. The molecule has 1 aromatic heterocycles. The number of amides is 4. The van der Waals surface area contributed by atoms with Crippen LogP contribution >= 0.6 is 0 Å². The number of carbonyl (C=O) groups is 4. The van der Waals surface area contributed by atoms with Gasteiger partial charge < -0.3 is 15.0 Å². The summed E-state index contributed by atoms with van der Waals surface area (Å²) in [5.74, 6) is -0.562. The van der Waals surface area contributed by atoms with Crippen LogP contribution in [-0.4, -0.2) is 96.2 Å². The molecule has 3 aliphatic heterocycles. The lowest BCUT2D eigenvalue weighted by Crippen LogP contribution is -2.52. The Balaban J connectivity index is 1.13. The number of carbonyl (C=O) groups excluding carboxylic acids is 4. The van der Waals surface area contributed by atoms with Crippen LogP contribution in [0.25, 0.3) is 0 Å². The van der Waals surface area contributed by atoms with E-state index in [1.165, 1.54) is 0 Å². The molecule has 3 fully saturated rings. The zero-order chi connectivity index (χ0) is 28.0. The van der Waals surface area contributed by atoms with Crippen LogP contribution < -0.4 is 21.0 Å². The summed E-state index contributed by atoms with van der Waals surface area (Å²) in [6.45, 7) is 12.0. The molecule has 3 aliphatic rings. The molecule has 3 N–H and O–H groups in total. The Labute approximate surface area is 229 Å². The van der Waals surface area contributed by atoms with E-state index in [1.807, 2.05) is 31.8 Å². The van der Waals surface area contributed by atoms with Crippen molar-refractivity contribution in [3.05, 3.63) is 24.0 Å². The van der Waals surface area contributed by atoms with Crippen LogP contribution in [0.2, 0.25) is 0 Å². The average Bonchev–Trinajstić information content (AvgIpc) is 2.89. The molecule has 1 atom stereocenters. The smallest absolute Gasteiger partial charge is 0.422 e. The third-order valence-electron chi connectivity index (χ3n) is 7.38. The average molecular weight is 544 g/mol. The lowest BCUT2D eigenvalue weighted by molar-refractivity contribution is -0.134. The van der Waals surface area contributed by atoms with Gasteiger partial charge in [0.25, 0.3) is 5.91 Å². The third kappa shape index (κ3) is 8.62. The summed E-state index contributed by atoms with van der Waals surface area (Å²) in [4.78, 5) is 56.7. The van der Waals surface area contributed by atoms with Gasteiger partial charge in [-0.3, -0.25) is 30.0 Å². The lowest BCUT2D eigenvalue weighted by Gasteiger charge is -2.37. The lowest BCUT2D eigenvalue weighted by atomic mass is 9.94. The summed E-state index contributed by atoms with van der Waals surface area (Å²) < 4.78 is 5.34. The van der Waals surface area contributed by atoms with Gasteiger partial charge >= 0.3 is 6.09 Å². The molecule has 4 rings (SSSR count). The number of rotatable bonds is 7. The van der Waals surface area contributed by atoms with E-state index in [1.54, 1.807) is 12.3 Å². The topological polar surface area (TPSA) is 136 Å². The molecule has 0 aromatic carbocycles. The Morgan fingerprint density at radius 2 is 1.77 bits per heavy atom. The molecule has 12 nitrogen and oxygen atoms in total. The minimum atomic E-state index is -0.716. The number of ether oxygens (including phenoxy) is 1. The molecule has 4 amide bonds. The van der Waals surface area contributed by atoms with Gasteiger partial charge in [0.15, 0.2) is 0 Å². The van der Waals surface area contributed by atoms with Crippen molar-refractivity contribution in [1.82, 2.24) is 31.0 Å². The number of piperazine rings is 1. The van der Waals surface area contributed by atoms with Gasteiger partial charge in [0.05, 0.1) is 11.9 Å². The minimum absolute atomic E-state index is 0.210. The summed E-state index contributed by atoms with van der Waals surface area (Å²) >= 11 is 0. The van der Waals surface area contributed by atoms with Crippen molar-refractivity contribution in [2.75, 3.05) is 50.7 Å². The second kappa shape index (κ2) is 12.7.